The van der Waals surface area contributed by atoms with Gasteiger partial charge in [0.1, 0.15) is 11.6 Å². The Labute approximate surface area is 255 Å². The number of aliphatic hydroxyl groups excluding tert-OH is 2. The van der Waals surface area contributed by atoms with Crippen LogP contribution in [0.2, 0.25) is 0 Å². The number of halogens is 1. The molecule has 44 heavy (non-hydrogen) atoms. The van der Waals surface area contributed by atoms with Crippen molar-refractivity contribution in [3.05, 3.63) is 94.1 Å². The molecule has 0 spiro atoms. The van der Waals surface area contributed by atoms with Crippen LogP contribution in [-0.4, -0.2) is 56.8 Å². The molecule has 3 aromatic carbocycles. The summed E-state index contributed by atoms with van der Waals surface area (Å²) in [6.07, 6.45) is 4.55. The summed E-state index contributed by atoms with van der Waals surface area (Å²) in [5.74, 6) is 0.303. The van der Waals surface area contributed by atoms with Gasteiger partial charge in [0.15, 0.2) is 5.82 Å². The fraction of sp³-hybridized carbons (Fsp3) is 0.353. The van der Waals surface area contributed by atoms with E-state index in [0.717, 1.165) is 54.6 Å². The molecule has 2 fully saturated rings. The van der Waals surface area contributed by atoms with Crippen molar-refractivity contribution in [1.82, 2.24) is 15.0 Å². The van der Waals surface area contributed by atoms with Crippen molar-refractivity contribution >= 4 is 23.2 Å². The number of nitrogens with zero attached hydrogens (tertiary/aromatic N) is 5. The number of hydrogen-bond donors (Lipinski definition) is 3. The smallest absolute Gasteiger partial charge is 0.261 e. The third-order valence-electron chi connectivity index (χ3n) is 8.91. The first-order valence-corrected chi connectivity index (χ1v) is 15.3. The predicted octanol–water partition coefficient (Wildman–Crippen LogP) is 4.38. The van der Waals surface area contributed by atoms with Gasteiger partial charge in [0.2, 0.25) is 5.95 Å². The van der Waals surface area contributed by atoms with Crippen LogP contribution < -0.4 is 15.5 Å². The number of piperidine rings is 1. The zero-order valence-electron chi connectivity index (χ0n) is 24.4. The van der Waals surface area contributed by atoms with Crippen molar-refractivity contribution in [3.8, 4) is 11.4 Å². The minimum Gasteiger partial charge on any atom is -0.392 e. The number of anilines is 3. The first kappa shape index (κ1) is 28.4. The molecule has 1 saturated carbocycles. The quantitative estimate of drug-likeness (QED) is 0.288. The number of β-amino-alcohol motifs (C(OH)–C–C–N with tert-alkyl or cyclic N) is 1. The van der Waals surface area contributed by atoms with Gasteiger partial charge in [-0.2, -0.15) is 9.97 Å². The van der Waals surface area contributed by atoms with Gasteiger partial charge in [0.05, 0.1) is 24.0 Å². The van der Waals surface area contributed by atoms with Crippen molar-refractivity contribution in [1.29, 1.82) is 0 Å². The molecular formula is C34H35FN6O3. The van der Waals surface area contributed by atoms with Crippen LogP contribution in [0.4, 0.5) is 21.7 Å². The van der Waals surface area contributed by atoms with Gasteiger partial charge >= 0.3 is 0 Å². The predicted molar refractivity (Wildman–Crippen MR) is 166 cm³/mol. The van der Waals surface area contributed by atoms with E-state index in [1.165, 1.54) is 11.0 Å². The molecule has 7 rings (SSSR count). The third kappa shape index (κ3) is 5.51. The van der Waals surface area contributed by atoms with Gasteiger partial charge < -0.3 is 25.7 Å². The second-order valence-electron chi connectivity index (χ2n) is 12.0. The number of aromatic nitrogens is 3. The molecule has 2 aliphatic heterocycles. The van der Waals surface area contributed by atoms with Gasteiger partial charge in [-0.05, 0) is 79.0 Å². The van der Waals surface area contributed by atoms with Crippen molar-refractivity contribution < 1.29 is 19.4 Å². The number of nitrogen functional groups attached to an aromatic ring is 1. The Kier molecular flexibility index (Phi) is 7.47. The van der Waals surface area contributed by atoms with Gasteiger partial charge in [0.25, 0.3) is 5.91 Å². The van der Waals surface area contributed by atoms with E-state index in [9.17, 15) is 15.0 Å². The Morgan fingerprint density at radius 3 is 2.57 bits per heavy atom. The maximum Gasteiger partial charge on any atom is 0.261 e. The van der Waals surface area contributed by atoms with Crippen LogP contribution in [0.3, 0.4) is 0 Å². The third-order valence-corrected chi connectivity index (χ3v) is 8.91. The number of amides is 1. The van der Waals surface area contributed by atoms with E-state index in [4.69, 9.17) is 10.7 Å². The lowest BCUT2D eigenvalue weighted by atomic mass is 9.93. The molecule has 0 bridgehead atoms. The Morgan fingerprint density at radius 1 is 1.00 bits per heavy atom. The number of rotatable bonds is 7. The van der Waals surface area contributed by atoms with E-state index in [1.807, 2.05) is 30.3 Å². The highest BCUT2D eigenvalue weighted by Gasteiger charge is 2.33. The molecule has 1 amide bonds. The molecule has 3 aliphatic rings. The number of aliphatic hydroxyl groups is 2. The second-order valence-corrected chi connectivity index (χ2v) is 12.0. The van der Waals surface area contributed by atoms with E-state index >= 15 is 4.39 Å². The Hall–Kier alpha value is -4.41. The first-order valence-electron chi connectivity index (χ1n) is 15.3. The van der Waals surface area contributed by atoms with E-state index in [-0.39, 0.29) is 24.2 Å². The van der Waals surface area contributed by atoms with E-state index in [1.54, 1.807) is 18.2 Å². The molecule has 1 aliphatic carbocycles. The number of carbonyl (C=O) groups is 1. The van der Waals surface area contributed by atoms with Crippen LogP contribution in [0.25, 0.3) is 11.4 Å². The van der Waals surface area contributed by atoms with Gasteiger partial charge in [0, 0.05) is 42.9 Å². The first-order chi connectivity index (χ1) is 21.4. The summed E-state index contributed by atoms with van der Waals surface area (Å²) in [4.78, 5) is 30.8. The number of benzene rings is 3. The normalized spacial score (nSPS) is 18.4. The SMILES string of the molecule is Nc1nc(Cc2ccc(N3CCCC(O)C3)cc2)nc(-c2cccc(N3CCc4cc(C5CC5)cc(F)c4C3=O)c2CO)n1. The molecule has 226 valence electrons. The van der Waals surface area contributed by atoms with Crippen molar-refractivity contribution in [3.63, 3.8) is 0 Å². The summed E-state index contributed by atoms with van der Waals surface area (Å²) < 4.78 is 15.2. The number of fused-ring (bicyclic) bond motifs is 1. The largest absolute Gasteiger partial charge is 0.392 e. The van der Waals surface area contributed by atoms with Crippen LogP contribution in [-0.2, 0) is 19.4 Å². The molecular weight excluding hydrogens is 559 g/mol. The highest BCUT2D eigenvalue weighted by molar-refractivity contribution is 6.09. The molecule has 1 unspecified atom stereocenters. The zero-order valence-corrected chi connectivity index (χ0v) is 24.4. The van der Waals surface area contributed by atoms with Crippen LogP contribution in [0.5, 0.6) is 0 Å². The summed E-state index contributed by atoms with van der Waals surface area (Å²) in [7, 11) is 0. The minimum absolute atomic E-state index is 0.0507. The highest BCUT2D eigenvalue weighted by Crippen LogP contribution is 2.42. The summed E-state index contributed by atoms with van der Waals surface area (Å²) in [5.41, 5.74) is 11.5. The molecule has 1 saturated heterocycles. The van der Waals surface area contributed by atoms with Gasteiger partial charge in [-0.3, -0.25) is 4.79 Å². The lowest BCUT2D eigenvalue weighted by Crippen LogP contribution is -2.39. The minimum atomic E-state index is -0.489. The van der Waals surface area contributed by atoms with E-state index < -0.39 is 11.7 Å². The molecule has 4 N–H and O–H groups in total. The Morgan fingerprint density at radius 2 is 1.82 bits per heavy atom. The molecule has 1 aromatic heterocycles. The summed E-state index contributed by atoms with van der Waals surface area (Å²) in [6.45, 7) is 1.54. The average Bonchev–Trinajstić information content (AvgIpc) is 3.87. The number of hydrogen-bond acceptors (Lipinski definition) is 8. The van der Waals surface area contributed by atoms with Crippen molar-refractivity contribution in [2.45, 2.75) is 57.2 Å². The lowest BCUT2D eigenvalue weighted by molar-refractivity contribution is 0.0976. The number of nitrogens with two attached hydrogens (primary N) is 1. The second kappa shape index (κ2) is 11.6. The van der Waals surface area contributed by atoms with Gasteiger partial charge in [-0.15, -0.1) is 0 Å². The van der Waals surface area contributed by atoms with Crippen molar-refractivity contribution in [2.75, 3.05) is 35.2 Å². The summed E-state index contributed by atoms with van der Waals surface area (Å²) >= 11 is 0. The number of carbonyl (C=O) groups excluding carboxylic acids is 1. The summed E-state index contributed by atoms with van der Waals surface area (Å²) in [5, 5.41) is 20.6. The Bertz CT molecular complexity index is 1730. The van der Waals surface area contributed by atoms with Crippen LogP contribution in [0.1, 0.15) is 70.0 Å². The molecule has 9 nitrogen and oxygen atoms in total. The average molecular weight is 595 g/mol. The molecule has 1 atom stereocenters. The molecule has 10 heteroatoms. The fourth-order valence-corrected chi connectivity index (χ4v) is 6.51. The van der Waals surface area contributed by atoms with E-state index in [0.29, 0.717) is 60.3 Å². The van der Waals surface area contributed by atoms with E-state index in [2.05, 4.69) is 14.9 Å². The van der Waals surface area contributed by atoms with Crippen molar-refractivity contribution in [2.24, 2.45) is 0 Å². The lowest BCUT2D eigenvalue weighted by Gasteiger charge is -2.32. The van der Waals surface area contributed by atoms with Crippen LogP contribution >= 0.6 is 0 Å². The molecule has 0 radical (unpaired) electrons. The van der Waals surface area contributed by atoms with Gasteiger partial charge in [-0.1, -0.05) is 30.3 Å². The fourth-order valence-electron chi connectivity index (χ4n) is 6.51. The van der Waals surface area contributed by atoms with Crippen LogP contribution in [0, 0.1) is 5.82 Å². The maximum absolute atomic E-state index is 15.2. The monoisotopic (exact) mass is 594 g/mol. The molecule has 3 heterocycles. The maximum atomic E-state index is 15.2. The Balaban J connectivity index is 1.16. The highest BCUT2D eigenvalue weighted by atomic mass is 19.1. The van der Waals surface area contributed by atoms with Crippen LogP contribution in [0.15, 0.2) is 54.6 Å². The molecule has 4 aromatic rings. The van der Waals surface area contributed by atoms with Gasteiger partial charge in [-0.25, -0.2) is 9.37 Å². The zero-order chi connectivity index (χ0) is 30.4. The summed E-state index contributed by atoms with van der Waals surface area (Å²) in [6, 6.07) is 16.9. The topological polar surface area (TPSA) is 129 Å². The standard InChI is InChI=1S/C34H35FN6O3/c35-28-17-23(21-8-9-21)16-22-12-14-41(33(44)31(22)28)29-5-1-4-26(27(29)19-42)32-37-30(38-34(36)39-32)15-20-6-10-24(11-7-20)40-13-2-3-25(43)18-40/h1,4-7,10-11,16-17,21,25,42-43H,2-3,8-9,12-15,18-19H2,(H2,36,37,38,39).